The van der Waals surface area contributed by atoms with Crippen molar-refractivity contribution in [2.24, 2.45) is 0 Å². The number of benzene rings is 1. The van der Waals surface area contributed by atoms with Crippen molar-refractivity contribution in [3.8, 4) is 5.75 Å². The van der Waals surface area contributed by atoms with Gasteiger partial charge in [0.25, 0.3) is 0 Å². The van der Waals surface area contributed by atoms with Gasteiger partial charge in [0.15, 0.2) is 0 Å². The molecular formula is C18H27N3O3. The molecule has 2 amide bonds. The molecule has 0 spiro atoms. The third kappa shape index (κ3) is 5.44. The molecule has 0 saturated carbocycles. The first kappa shape index (κ1) is 18.1. The minimum atomic E-state index is -0.154. The second-order valence-electron chi connectivity index (χ2n) is 6.09. The van der Waals surface area contributed by atoms with Crippen LogP contribution in [0.3, 0.4) is 0 Å². The topological polar surface area (TPSA) is 70.7 Å². The molecule has 0 bridgehead atoms. The molecule has 6 nitrogen and oxygen atoms in total. The average Bonchev–Trinajstić information content (AvgIpc) is 2.52. The van der Waals surface area contributed by atoms with E-state index < -0.39 is 0 Å². The van der Waals surface area contributed by atoms with E-state index in [2.05, 4.69) is 10.6 Å². The summed E-state index contributed by atoms with van der Waals surface area (Å²) in [7, 11) is 1.59. The fourth-order valence-electron chi connectivity index (χ4n) is 2.87. The maximum absolute atomic E-state index is 12.5. The second-order valence-corrected chi connectivity index (χ2v) is 6.09. The van der Waals surface area contributed by atoms with Crippen LogP contribution in [0.5, 0.6) is 5.75 Å². The molecule has 24 heavy (non-hydrogen) atoms. The smallest absolute Gasteiger partial charge is 0.241 e. The van der Waals surface area contributed by atoms with E-state index in [9.17, 15) is 9.59 Å². The Labute approximate surface area is 143 Å². The predicted molar refractivity (Wildman–Crippen MR) is 95.5 cm³/mol. The number of ether oxygens (including phenoxy) is 1. The summed E-state index contributed by atoms with van der Waals surface area (Å²) in [5, 5.41) is 5.90. The molecule has 1 aliphatic heterocycles. The monoisotopic (exact) mass is 333 g/mol. The zero-order valence-corrected chi connectivity index (χ0v) is 14.6. The molecular weight excluding hydrogens is 306 g/mol. The van der Waals surface area contributed by atoms with Gasteiger partial charge < -0.3 is 20.3 Å². The molecule has 0 aliphatic carbocycles. The Morgan fingerprint density at radius 1 is 1.08 bits per heavy atom. The van der Waals surface area contributed by atoms with Gasteiger partial charge in [-0.3, -0.25) is 9.59 Å². The van der Waals surface area contributed by atoms with Crippen molar-refractivity contribution < 1.29 is 14.3 Å². The highest BCUT2D eigenvalue weighted by molar-refractivity contribution is 5.93. The van der Waals surface area contributed by atoms with Gasteiger partial charge in [0.1, 0.15) is 5.75 Å². The lowest BCUT2D eigenvalue weighted by Gasteiger charge is -2.25. The molecule has 132 valence electrons. The third-order valence-electron chi connectivity index (χ3n) is 4.18. The van der Waals surface area contributed by atoms with E-state index in [1.807, 2.05) is 4.90 Å². The van der Waals surface area contributed by atoms with Gasteiger partial charge in [0.05, 0.1) is 25.0 Å². The lowest BCUT2D eigenvalue weighted by Crippen LogP contribution is -2.37. The highest BCUT2D eigenvalue weighted by atomic mass is 16.5. The Kier molecular flexibility index (Phi) is 6.90. The number of hydrogen-bond donors (Lipinski definition) is 2. The van der Waals surface area contributed by atoms with Crippen LogP contribution in [0, 0.1) is 0 Å². The summed E-state index contributed by atoms with van der Waals surface area (Å²) < 4.78 is 5.22. The van der Waals surface area contributed by atoms with Crippen molar-refractivity contribution in [3.63, 3.8) is 0 Å². The summed E-state index contributed by atoms with van der Waals surface area (Å²) in [5.41, 5.74) is 1.33. The van der Waals surface area contributed by atoms with Gasteiger partial charge in [-0.2, -0.15) is 0 Å². The third-order valence-corrected chi connectivity index (χ3v) is 4.18. The Morgan fingerprint density at radius 2 is 1.75 bits per heavy atom. The van der Waals surface area contributed by atoms with Gasteiger partial charge in [0.2, 0.25) is 11.8 Å². The summed E-state index contributed by atoms with van der Waals surface area (Å²) in [4.78, 5) is 25.7. The normalized spacial score (nSPS) is 15.2. The quantitative estimate of drug-likeness (QED) is 0.869. The van der Waals surface area contributed by atoms with Crippen LogP contribution in [0.25, 0.3) is 0 Å². The lowest BCUT2D eigenvalue weighted by atomic mass is 10.1. The number of methoxy groups -OCH3 is 1. The van der Waals surface area contributed by atoms with E-state index in [0.29, 0.717) is 17.1 Å². The van der Waals surface area contributed by atoms with Crippen molar-refractivity contribution in [3.05, 3.63) is 18.2 Å². The molecule has 0 aromatic heterocycles. The van der Waals surface area contributed by atoms with Crippen LogP contribution >= 0.6 is 0 Å². The molecule has 0 radical (unpaired) electrons. The van der Waals surface area contributed by atoms with E-state index in [1.54, 1.807) is 25.3 Å². The number of hydrogen-bond acceptors (Lipinski definition) is 4. The standard InChI is InChI=1S/C18H27N3O3/c1-14(22)20-16-9-8-15(24-2)12-17(16)19-13-18(23)21-10-6-4-3-5-7-11-21/h8-9,12,19H,3-7,10-11,13H2,1-2H3,(H,20,22). The molecule has 2 rings (SSSR count). The first-order chi connectivity index (χ1) is 11.6. The van der Waals surface area contributed by atoms with Crippen molar-refractivity contribution >= 4 is 23.2 Å². The zero-order valence-electron chi connectivity index (χ0n) is 14.6. The number of amides is 2. The maximum Gasteiger partial charge on any atom is 0.241 e. The molecule has 0 atom stereocenters. The summed E-state index contributed by atoms with van der Waals surface area (Å²) in [6.07, 6.45) is 5.80. The number of likely N-dealkylation sites (tertiary alicyclic amines) is 1. The van der Waals surface area contributed by atoms with E-state index >= 15 is 0 Å². The minimum absolute atomic E-state index is 0.0912. The van der Waals surface area contributed by atoms with Crippen molar-refractivity contribution in [2.75, 3.05) is 37.4 Å². The van der Waals surface area contributed by atoms with Crippen LogP contribution < -0.4 is 15.4 Å². The van der Waals surface area contributed by atoms with Gasteiger partial charge in [-0.15, -0.1) is 0 Å². The van der Waals surface area contributed by atoms with Crippen LogP contribution in [0.1, 0.15) is 39.0 Å². The van der Waals surface area contributed by atoms with Crippen molar-refractivity contribution in [2.45, 2.75) is 39.0 Å². The number of rotatable bonds is 5. The van der Waals surface area contributed by atoms with E-state index in [1.165, 1.54) is 26.2 Å². The first-order valence-corrected chi connectivity index (χ1v) is 8.57. The molecule has 0 unspecified atom stereocenters. The minimum Gasteiger partial charge on any atom is -0.497 e. The Balaban J connectivity index is 2.00. The number of carbonyl (C=O) groups excluding carboxylic acids is 2. The zero-order chi connectivity index (χ0) is 17.4. The van der Waals surface area contributed by atoms with Gasteiger partial charge >= 0.3 is 0 Å². The summed E-state index contributed by atoms with van der Waals surface area (Å²) >= 11 is 0. The molecule has 1 fully saturated rings. The molecule has 1 heterocycles. The van der Waals surface area contributed by atoms with Crippen LogP contribution in [0.15, 0.2) is 18.2 Å². The number of carbonyl (C=O) groups is 2. The molecule has 2 N–H and O–H groups in total. The predicted octanol–water partition coefficient (Wildman–Crippen LogP) is 2.86. The Bertz CT molecular complexity index is 567. The van der Waals surface area contributed by atoms with Gasteiger partial charge in [-0.25, -0.2) is 0 Å². The van der Waals surface area contributed by atoms with Crippen molar-refractivity contribution in [1.82, 2.24) is 4.90 Å². The first-order valence-electron chi connectivity index (χ1n) is 8.57. The van der Waals surface area contributed by atoms with Crippen LogP contribution in [0.2, 0.25) is 0 Å². The highest BCUT2D eigenvalue weighted by Gasteiger charge is 2.15. The van der Waals surface area contributed by atoms with Crippen LogP contribution in [0.4, 0.5) is 11.4 Å². The van der Waals surface area contributed by atoms with Crippen LogP contribution in [-0.4, -0.2) is 43.5 Å². The molecule has 1 saturated heterocycles. The summed E-state index contributed by atoms with van der Waals surface area (Å²) in [6, 6.07) is 5.33. The van der Waals surface area contributed by atoms with Crippen molar-refractivity contribution in [1.29, 1.82) is 0 Å². The molecule has 1 aliphatic rings. The SMILES string of the molecule is COc1ccc(NC(C)=O)c(NCC(=O)N2CCCCCCC2)c1. The summed E-state index contributed by atoms with van der Waals surface area (Å²) in [6.45, 7) is 3.33. The average molecular weight is 333 g/mol. The number of anilines is 2. The molecule has 6 heteroatoms. The highest BCUT2D eigenvalue weighted by Crippen LogP contribution is 2.27. The maximum atomic E-state index is 12.5. The van der Waals surface area contributed by atoms with Gasteiger partial charge in [-0.05, 0) is 25.0 Å². The second kappa shape index (κ2) is 9.15. The van der Waals surface area contributed by atoms with E-state index in [-0.39, 0.29) is 18.4 Å². The number of nitrogens with one attached hydrogen (secondary N) is 2. The Morgan fingerprint density at radius 3 is 2.38 bits per heavy atom. The largest absolute Gasteiger partial charge is 0.497 e. The fourth-order valence-corrected chi connectivity index (χ4v) is 2.87. The fraction of sp³-hybridized carbons (Fsp3) is 0.556. The van der Waals surface area contributed by atoms with Crippen LogP contribution in [-0.2, 0) is 9.59 Å². The van der Waals surface area contributed by atoms with E-state index in [4.69, 9.17) is 4.74 Å². The molecule has 1 aromatic carbocycles. The van der Waals surface area contributed by atoms with E-state index in [0.717, 1.165) is 25.9 Å². The molecule has 1 aromatic rings. The lowest BCUT2D eigenvalue weighted by molar-refractivity contribution is -0.129. The Hall–Kier alpha value is -2.24. The summed E-state index contributed by atoms with van der Waals surface area (Å²) in [5.74, 6) is 0.608. The van der Waals surface area contributed by atoms with Gasteiger partial charge in [-0.1, -0.05) is 19.3 Å². The van der Waals surface area contributed by atoms with Gasteiger partial charge in [0, 0.05) is 26.1 Å². The number of nitrogens with zero attached hydrogens (tertiary/aromatic N) is 1.